The highest BCUT2D eigenvalue weighted by atomic mass is 16.5. The van der Waals surface area contributed by atoms with E-state index >= 15 is 0 Å². The first-order valence-corrected chi connectivity index (χ1v) is 9.94. The number of ether oxygens (including phenoxy) is 1. The Hall–Kier alpha value is -3.54. The van der Waals surface area contributed by atoms with E-state index in [2.05, 4.69) is 5.32 Å². The van der Waals surface area contributed by atoms with E-state index in [1.54, 1.807) is 24.3 Å². The van der Waals surface area contributed by atoms with E-state index in [1.165, 1.54) is 0 Å². The van der Waals surface area contributed by atoms with Crippen molar-refractivity contribution in [2.45, 2.75) is 33.2 Å². The summed E-state index contributed by atoms with van der Waals surface area (Å²) in [7, 11) is 0. The first kappa shape index (κ1) is 21.2. The van der Waals surface area contributed by atoms with Crippen molar-refractivity contribution < 1.29 is 19.4 Å². The van der Waals surface area contributed by atoms with Crippen LogP contribution in [0.1, 0.15) is 24.6 Å². The van der Waals surface area contributed by atoms with Crippen molar-refractivity contribution in [1.82, 2.24) is 4.57 Å². The van der Waals surface area contributed by atoms with Crippen LogP contribution in [0.3, 0.4) is 0 Å². The predicted molar refractivity (Wildman–Crippen MR) is 114 cm³/mol. The fraction of sp³-hybridized carbons (Fsp3) is 0.250. The number of hydrogen-bond donors (Lipinski definition) is 1. The number of aryl methyl sites for hydroxylation is 2. The molecule has 1 amide bonds. The molecule has 30 heavy (non-hydrogen) atoms. The van der Waals surface area contributed by atoms with Gasteiger partial charge in [-0.05, 0) is 68.7 Å². The Morgan fingerprint density at radius 3 is 2.33 bits per heavy atom. The summed E-state index contributed by atoms with van der Waals surface area (Å²) in [4.78, 5) is 23.7. The third-order valence-electron chi connectivity index (χ3n) is 4.75. The monoisotopic (exact) mass is 405 g/mol. The highest BCUT2D eigenvalue weighted by Gasteiger charge is 2.14. The highest BCUT2D eigenvalue weighted by Crippen LogP contribution is 2.24. The van der Waals surface area contributed by atoms with E-state index in [1.807, 2.05) is 54.8 Å². The van der Waals surface area contributed by atoms with Crippen LogP contribution < -0.4 is 15.2 Å². The van der Waals surface area contributed by atoms with Crippen molar-refractivity contribution >= 4 is 17.6 Å². The Kier molecular flexibility index (Phi) is 6.91. The summed E-state index contributed by atoms with van der Waals surface area (Å²) >= 11 is 0. The Labute approximate surface area is 176 Å². The van der Waals surface area contributed by atoms with E-state index in [9.17, 15) is 14.7 Å². The zero-order valence-corrected chi connectivity index (χ0v) is 17.2. The van der Waals surface area contributed by atoms with Crippen molar-refractivity contribution in [2.75, 3.05) is 11.9 Å². The van der Waals surface area contributed by atoms with Crippen LogP contribution in [-0.4, -0.2) is 23.1 Å². The minimum Gasteiger partial charge on any atom is -0.550 e. The molecule has 0 bridgehead atoms. The summed E-state index contributed by atoms with van der Waals surface area (Å²) in [6.45, 7) is 4.58. The number of carbonyl (C=O) groups excluding carboxylic acids is 2. The molecule has 0 radical (unpaired) electrons. The molecule has 156 valence electrons. The molecule has 1 N–H and O–H groups in total. The lowest BCUT2D eigenvalue weighted by atomic mass is 10.1. The number of hydrogen-bond acceptors (Lipinski definition) is 4. The van der Waals surface area contributed by atoms with E-state index in [0.29, 0.717) is 18.7 Å². The van der Waals surface area contributed by atoms with Gasteiger partial charge >= 0.3 is 0 Å². The van der Waals surface area contributed by atoms with Gasteiger partial charge in [0, 0.05) is 23.0 Å². The summed E-state index contributed by atoms with van der Waals surface area (Å²) in [6.07, 6.45) is 0.197. The zero-order chi connectivity index (χ0) is 21.5. The number of nitrogens with one attached hydrogen (secondary N) is 1. The molecule has 0 spiro atoms. The summed E-state index contributed by atoms with van der Waals surface area (Å²) in [5.41, 5.74) is 4.42. The highest BCUT2D eigenvalue weighted by molar-refractivity contribution is 5.91. The molecule has 6 heteroatoms. The van der Waals surface area contributed by atoms with Crippen LogP contribution >= 0.6 is 0 Å². The lowest BCUT2D eigenvalue weighted by molar-refractivity contribution is -0.305. The minimum atomic E-state index is -1.11. The van der Waals surface area contributed by atoms with E-state index in [0.717, 1.165) is 28.3 Å². The molecule has 0 aliphatic heterocycles. The topological polar surface area (TPSA) is 83.4 Å². The van der Waals surface area contributed by atoms with Gasteiger partial charge in [-0.25, -0.2) is 0 Å². The SMILES string of the molecule is CCOc1ccc(NC(=O)Cn2c(CCC(=O)[O-])ccc2-c2ccc(C)cc2)cc1. The van der Waals surface area contributed by atoms with Crippen LogP contribution in [0.5, 0.6) is 5.75 Å². The third kappa shape index (κ3) is 5.50. The van der Waals surface area contributed by atoms with Crippen molar-refractivity contribution in [3.8, 4) is 17.0 Å². The molecule has 1 aromatic heterocycles. The minimum absolute atomic E-state index is 0.0752. The first-order chi connectivity index (χ1) is 14.5. The van der Waals surface area contributed by atoms with Gasteiger partial charge in [0.15, 0.2) is 0 Å². The Balaban J connectivity index is 1.80. The second-order valence-electron chi connectivity index (χ2n) is 7.04. The standard InChI is InChI=1S/C24H26N2O4/c1-3-30-21-12-8-19(9-13-21)25-23(27)16-26-20(11-15-24(28)29)10-14-22(26)18-6-4-17(2)5-7-18/h4-10,12-14H,3,11,15-16H2,1-2H3,(H,25,27)(H,28,29)/p-1. The Bertz CT molecular complexity index is 1000. The van der Waals surface area contributed by atoms with Gasteiger partial charge in [-0.2, -0.15) is 0 Å². The molecule has 0 fully saturated rings. The number of carboxylic acid groups (broad SMARTS) is 1. The average Bonchev–Trinajstić information content (AvgIpc) is 3.11. The van der Waals surface area contributed by atoms with Gasteiger partial charge in [0.2, 0.25) is 5.91 Å². The largest absolute Gasteiger partial charge is 0.550 e. The maximum absolute atomic E-state index is 12.7. The molecule has 0 atom stereocenters. The molecule has 0 unspecified atom stereocenters. The molecule has 0 saturated carbocycles. The molecular formula is C24H25N2O4-. The molecule has 3 aromatic rings. The van der Waals surface area contributed by atoms with Crippen molar-refractivity contribution in [3.63, 3.8) is 0 Å². The van der Waals surface area contributed by atoms with Crippen molar-refractivity contribution in [3.05, 3.63) is 71.9 Å². The van der Waals surface area contributed by atoms with Gasteiger partial charge in [0.05, 0.1) is 6.61 Å². The second kappa shape index (κ2) is 9.78. The van der Waals surface area contributed by atoms with Crippen molar-refractivity contribution in [1.29, 1.82) is 0 Å². The molecule has 0 aliphatic carbocycles. The number of nitrogens with zero attached hydrogens (tertiary/aromatic N) is 1. The van der Waals surface area contributed by atoms with Gasteiger partial charge in [-0.3, -0.25) is 4.79 Å². The van der Waals surface area contributed by atoms with Gasteiger partial charge in [-0.1, -0.05) is 29.8 Å². The quantitative estimate of drug-likeness (QED) is 0.593. The van der Waals surface area contributed by atoms with E-state index in [4.69, 9.17) is 4.74 Å². The molecule has 3 rings (SSSR count). The Morgan fingerprint density at radius 1 is 1.00 bits per heavy atom. The van der Waals surface area contributed by atoms with Crippen LogP contribution in [0, 0.1) is 6.92 Å². The number of carbonyl (C=O) groups is 2. The summed E-state index contributed by atoms with van der Waals surface area (Å²) in [5, 5.41) is 13.8. The third-order valence-corrected chi connectivity index (χ3v) is 4.75. The van der Waals surface area contributed by atoms with Gasteiger partial charge < -0.3 is 24.5 Å². The first-order valence-electron chi connectivity index (χ1n) is 9.94. The van der Waals surface area contributed by atoms with Crippen LogP contribution in [0.15, 0.2) is 60.7 Å². The number of carboxylic acids is 1. The zero-order valence-electron chi connectivity index (χ0n) is 17.2. The lowest BCUT2D eigenvalue weighted by Crippen LogP contribution is -2.24. The molecule has 0 saturated heterocycles. The van der Waals surface area contributed by atoms with Gasteiger partial charge in [-0.15, -0.1) is 0 Å². The molecule has 2 aromatic carbocycles. The molecule has 6 nitrogen and oxygen atoms in total. The fourth-order valence-corrected chi connectivity index (χ4v) is 3.27. The number of benzene rings is 2. The number of amides is 1. The molecular weight excluding hydrogens is 380 g/mol. The maximum atomic E-state index is 12.7. The fourth-order valence-electron chi connectivity index (χ4n) is 3.27. The maximum Gasteiger partial charge on any atom is 0.244 e. The van der Waals surface area contributed by atoms with Gasteiger partial charge in [0.25, 0.3) is 0 Å². The number of rotatable bonds is 9. The number of aromatic nitrogens is 1. The van der Waals surface area contributed by atoms with E-state index in [-0.39, 0.29) is 18.9 Å². The summed E-state index contributed by atoms with van der Waals surface area (Å²) in [6, 6.07) is 19.0. The summed E-state index contributed by atoms with van der Waals surface area (Å²) in [5.74, 6) is -0.566. The van der Waals surface area contributed by atoms with Crippen molar-refractivity contribution in [2.24, 2.45) is 0 Å². The lowest BCUT2D eigenvalue weighted by Gasteiger charge is -2.15. The summed E-state index contributed by atoms with van der Waals surface area (Å²) < 4.78 is 7.27. The normalized spacial score (nSPS) is 10.6. The van der Waals surface area contributed by atoms with Crippen LogP contribution in [-0.2, 0) is 22.6 Å². The molecule has 1 heterocycles. The smallest absolute Gasteiger partial charge is 0.244 e. The predicted octanol–water partition coefficient (Wildman–Crippen LogP) is 3.18. The average molecular weight is 405 g/mol. The number of aliphatic carboxylic acids is 1. The van der Waals surface area contributed by atoms with E-state index < -0.39 is 5.97 Å². The molecule has 0 aliphatic rings. The van der Waals surface area contributed by atoms with Crippen LogP contribution in [0.4, 0.5) is 5.69 Å². The van der Waals surface area contributed by atoms with Crippen LogP contribution in [0.25, 0.3) is 11.3 Å². The van der Waals surface area contributed by atoms with Crippen LogP contribution in [0.2, 0.25) is 0 Å². The van der Waals surface area contributed by atoms with Gasteiger partial charge in [0.1, 0.15) is 12.3 Å². The Morgan fingerprint density at radius 2 is 1.70 bits per heavy atom. The second-order valence-corrected chi connectivity index (χ2v) is 7.04. The number of anilines is 1.